The Hall–Kier alpha value is -3.41. The van der Waals surface area contributed by atoms with E-state index in [4.69, 9.17) is 11.5 Å². The average Bonchev–Trinajstić information content (AvgIpc) is 2.42. The number of aromatic hydroxyl groups is 1. The topological polar surface area (TPSA) is 165 Å². The van der Waals surface area contributed by atoms with E-state index in [-0.39, 0.29) is 51.2 Å². The monoisotopic (exact) mass is 300 g/mol. The van der Waals surface area contributed by atoms with Gasteiger partial charge in [-0.25, -0.2) is 4.98 Å². The molecule has 2 aromatic rings. The van der Waals surface area contributed by atoms with Crippen LogP contribution in [-0.4, -0.2) is 20.0 Å². The van der Waals surface area contributed by atoms with E-state index in [0.717, 1.165) is 0 Å². The number of nitro groups is 1. The highest BCUT2D eigenvalue weighted by Crippen LogP contribution is 2.41. The molecule has 5 N–H and O–H groups in total. The number of nitrogens with two attached hydrogens (primary N) is 2. The van der Waals surface area contributed by atoms with E-state index in [9.17, 15) is 20.5 Å². The number of aromatic nitrogens is 2. The second-order valence-electron chi connectivity index (χ2n) is 4.62. The molecule has 1 heterocycles. The number of phenolic OH excluding ortho intramolecular Hbond substituents is 1. The zero-order valence-electron chi connectivity index (χ0n) is 11.8. The van der Waals surface area contributed by atoms with Crippen molar-refractivity contribution in [1.82, 2.24) is 9.97 Å². The van der Waals surface area contributed by atoms with Gasteiger partial charge in [0, 0.05) is 11.6 Å². The van der Waals surface area contributed by atoms with Crippen LogP contribution >= 0.6 is 0 Å². The normalized spacial score (nSPS) is 10.2. The molecule has 22 heavy (non-hydrogen) atoms. The van der Waals surface area contributed by atoms with E-state index in [1.54, 1.807) is 0 Å². The maximum atomic E-state index is 11.1. The van der Waals surface area contributed by atoms with Crippen LogP contribution in [0.4, 0.5) is 17.5 Å². The van der Waals surface area contributed by atoms with Gasteiger partial charge in [0.15, 0.2) is 0 Å². The first-order chi connectivity index (χ1) is 10.3. The molecule has 0 fully saturated rings. The Balaban J connectivity index is 2.96. The standard InChI is InChI=1S/C13H12N6O3/c1-5-3-8(19(21)22)6(2)9(11(5)20)10-7(4-14)12(15)18-13(16)17-10/h3,20H,1-2H3,(H4,15,16,17,18). The van der Waals surface area contributed by atoms with Gasteiger partial charge in [0.25, 0.3) is 5.69 Å². The van der Waals surface area contributed by atoms with Gasteiger partial charge in [-0.1, -0.05) is 0 Å². The first kappa shape index (κ1) is 15.0. The van der Waals surface area contributed by atoms with Crippen molar-refractivity contribution in [2.24, 2.45) is 0 Å². The smallest absolute Gasteiger partial charge is 0.273 e. The summed E-state index contributed by atoms with van der Waals surface area (Å²) in [5.41, 5.74) is 11.3. The third kappa shape index (κ3) is 2.22. The van der Waals surface area contributed by atoms with Crippen LogP contribution in [0.2, 0.25) is 0 Å². The molecule has 0 aliphatic rings. The van der Waals surface area contributed by atoms with Crippen LogP contribution in [-0.2, 0) is 0 Å². The number of nitro benzene ring substituents is 1. The number of benzene rings is 1. The molecule has 9 nitrogen and oxygen atoms in total. The number of nitrogen functional groups attached to an aromatic ring is 2. The molecule has 0 unspecified atom stereocenters. The lowest BCUT2D eigenvalue weighted by Gasteiger charge is -2.13. The molecular weight excluding hydrogens is 288 g/mol. The van der Waals surface area contributed by atoms with Crippen molar-refractivity contribution in [3.8, 4) is 23.1 Å². The molecule has 9 heteroatoms. The van der Waals surface area contributed by atoms with Gasteiger partial charge < -0.3 is 16.6 Å². The minimum atomic E-state index is -0.578. The zero-order valence-corrected chi connectivity index (χ0v) is 11.8. The Bertz CT molecular complexity index is 841. The zero-order chi connectivity index (χ0) is 16.6. The number of hydrogen-bond acceptors (Lipinski definition) is 8. The third-order valence-corrected chi connectivity index (χ3v) is 3.22. The summed E-state index contributed by atoms with van der Waals surface area (Å²) in [6.07, 6.45) is 0. The quantitative estimate of drug-likeness (QED) is 0.553. The molecule has 0 saturated heterocycles. The Kier molecular flexibility index (Phi) is 3.52. The van der Waals surface area contributed by atoms with E-state index in [2.05, 4.69) is 9.97 Å². The molecule has 0 aliphatic heterocycles. The predicted octanol–water partition coefficient (Wildman–Crippen LogP) is 1.41. The second kappa shape index (κ2) is 5.17. The molecule has 0 radical (unpaired) electrons. The fourth-order valence-corrected chi connectivity index (χ4v) is 2.15. The van der Waals surface area contributed by atoms with Gasteiger partial charge in [-0.05, 0) is 19.4 Å². The summed E-state index contributed by atoms with van der Waals surface area (Å²) in [7, 11) is 0. The first-order valence-corrected chi connectivity index (χ1v) is 6.09. The van der Waals surface area contributed by atoms with Crippen LogP contribution in [0.5, 0.6) is 5.75 Å². The Morgan fingerprint density at radius 2 is 2.00 bits per heavy atom. The number of hydrogen-bond donors (Lipinski definition) is 3. The molecule has 112 valence electrons. The first-order valence-electron chi connectivity index (χ1n) is 6.09. The van der Waals surface area contributed by atoms with Gasteiger partial charge in [0.1, 0.15) is 28.9 Å². The van der Waals surface area contributed by atoms with Crippen LogP contribution < -0.4 is 11.5 Å². The summed E-state index contributed by atoms with van der Waals surface area (Å²) in [6.45, 7) is 2.95. The lowest BCUT2D eigenvalue weighted by atomic mass is 9.96. The molecule has 2 rings (SSSR count). The Morgan fingerprint density at radius 3 is 2.55 bits per heavy atom. The Morgan fingerprint density at radius 1 is 1.36 bits per heavy atom. The number of rotatable bonds is 2. The summed E-state index contributed by atoms with van der Waals surface area (Å²) in [6, 6.07) is 3.07. The van der Waals surface area contributed by atoms with Crippen LogP contribution in [0.3, 0.4) is 0 Å². The van der Waals surface area contributed by atoms with E-state index < -0.39 is 4.92 Å². The molecule has 0 amide bonds. The average molecular weight is 300 g/mol. The van der Waals surface area contributed by atoms with Gasteiger partial charge in [0.2, 0.25) is 5.95 Å². The minimum Gasteiger partial charge on any atom is -0.507 e. The molecule has 1 aromatic heterocycles. The molecule has 0 spiro atoms. The van der Waals surface area contributed by atoms with Crippen molar-refractivity contribution in [1.29, 1.82) is 5.26 Å². The van der Waals surface area contributed by atoms with Crippen molar-refractivity contribution in [2.75, 3.05) is 11.5 Å². The summed E-state index contributed by atoms with van der Waals surface area (Å²) < 4.78 is 0. The largest absolute Gasteiger partial charge is 0.507 e. The van der Waals surface area contributed by atoms with Crippen molar-refractivity contribution >= 4 is 17.5 Å². The second-order valence-corrected chi connectivity index (χ2v) is 4.62. The highest BCUT2D eigenvalue weighted by molar-refractivity contribution is 5.82. The molecule has 1 aromatic carbocycles. The Labute approximate surface area is 125 Å². The summed E-state index contributed by atoms with van der Waals surface area (Å²) in [5, 5.41) is 30.6. The fraction of sp³-hybridized carbons (Fsp3) is 0.154. The summed E-state index contributed by atoms with van der Waals surface area (Å²) in [5.74, 6) is -0.584. The van der Waals surface area contributed by atoms with Gasteiger partial charge in [-0.2, -0.15) is 10.2 Å². The lowest BCUT2D eigenvalue weighted by Crippen LogP contribution is -2.06. The number of phenols is 1. The van der Waals surface area contributed by atoms with Crippen LogP contribution in [0.15, 0.2) is 6.07 Å². The van der Waals surface area contributed by atoms with Crippen LogP contribution in [0.25, 0.3) is 11.3 Å². The van der Waals surface area contributed by atoms with Gasteiger partial charge in [-0.3, -0.25) is 10.1 Å². The summed E-state index contributed by atoms with van der Waals surface area (Å²) in [4.78, 5) is 18.2. The van der Waals surface area contributed by atoms with Crippen LogP contribution in [0.1, 0.15) is 16.7 Å². The van der Waals surface area contributed by atoms with E-state index in [1.807, 2.05) is 6.07 Å². The van der Waals surface area contributed by atoms with Gasteiger partial charge in [0.05, 0.1) is 10.5 Å². The minimum absolute atomic E-state index is 0.0331. The van der Waals surface area contributed by atoms with Crippen molar-refractivity contribution < 1.29 is 10.0 Å². The molecule has 0 saturated carbocycles. The van der Waals surface area contributed by atoms with Gasteiger partial charge in [-0.15, -0.1) is 0 Å². The van der Waals surface area contributed by atoms with Crippen molar-refractivity contribution in [3.63, 3.8) is 0 Å². The summed E-state index contributed by atoms with van der Waals surface area (Å²) >= 11 is 0. The van der Waals surface area contributed by atoms with E-state index >= 15 is 0 Å². The van der Waals surface area contributed by atoms with Crippen molar-refractivity contribution in [2.45, 2.75) is 13.8 Å². The van der Waals surface area contributed by atoms with E-state index in [1.165, 1.54) is 19.9 Å². The van der Waals surface area contributed by atoms with Crippen molar-refractivity contribution in [3.05, 3.63) is 32.9 Å². The molecule has 0 aliphatic carbocycles. The van der Waals surface area contributed by atoms with Crippen LogP contribution in [0, 0.1) is 35.3 Å². The fourth-order valence-electron chi connectivity index (χ4n) is 2.15. The SMILES string of the molecule is Cc1cc([N+](=O)[O-])c(C)c(-c2nc(N)nc(N)c2C#N)c1O. The molecule has 0 atom stereocenters. The number of nitriles is 1. The highest BCUT2D eigenvalue weighted by atomic mass is 16.6. The maximum absolute atomic E-state index is 11.1. The molecule has 0 bridgehead atoms. The number of aryl methyl sites for hydroxylation is 1. The maximum Gasteiger partial charge on any atom is 0.273 e. The lowest BCUT2D eigenvalue weighted by molar-refractivity contribution is -0.385. The predicted molar refractivity (Wildman–Crippen MR) is 78.8 cm³/mol. The molecular formula is C13H12N6O3. The van der Waals surface area contributed by atoms with Gasteiger partial charge >= 0.3 is 0 Å². The number of nitrogens with zero attached hydrogens (tertiary/aromatic N) is 4. The van der Waals surface area contributed by atoms with E-state index in [0.29, 0.717) is 0 Å². The third-order valence-electron chi connectivity index (χ3n) is 3.22. The highest BCUT2D eigenvalue weighted by Gasteiger charge is 2.25. The number of anilines is 2.